The van der Waals surface area contributed by atoms with Crippen LogP contribution in [0, 0.1) is 0 Å². The van der Waals surface area contributed by atoms with Crippen LogP contribution < -0.4 is 5.32 Å². The molecule has 1 heterocycles. The quantitative estimate of drug-likeness (QED) is 0.530. The Kier molecular flexibility index (Phi) is 5.70. The van der Waals surface area contributed by atoms with Crippen LogP contribution >= 0.6 is 35.0 Å². The van der Waals surface area contributed by atoms with Crippen LogP contribution in [0.1, 0.15) is 13.5 Å². The number of rotatable bonds is 5. The van der Waals surface area contributed by atoms with E-state index >= 15 is 0 Å². The number of fused-ring (bicyclic) bond motifs is 1. The maximum Gasteiger partial charge on any atom is 0.321 e. The minimum Gasteiger partial charge on any atom is -0.323 e. The molecule has 1 N–H and O–H groups in total. The molecule has 0 fully saturated rings. The second-order valence-corrected chi connectivity index (χ2v) is 7.50. The fourth-order valence-corrected chi connectivity index (χ4v) is 3.76. The zero-order chi connectivity index (χ0) is 18.8. The number of aromatic nitrogens is 2. The summed E-state index contributed by atoms with van der Waals surface area (Å²) in [6.45, 7) is -1.17. The zero-order valence-corrected chi connectivity index (χ0v) is 15.7. The number of carbonyl (C=O) groups excluding carboxylic acids is 1. The second-order valence-electron chi connectivity index (χ2n) is 5.38. The molecule has 26 heavy (non-hydrogen) atoms. The molecule has 0 bridgehead atoms. The molecular weight excluding hydrogens is 403 g/mol. The van der Waals surface area contributed by atoms with Gasteiger partial charge in [-0.15, -0.1) is 0 Å². The van der Waals surface area contributed by atoms with Crippen molar-refractivity contribution < 1.29 is 13.6 Å². The predicted octanol–water partition coefficient (Wildman–Crippen LogP) is 5.86. The van der Waals surface area contributed by atoms with E-state index in [1.54, 1.807) is 49.4 Å². The Morgan fingerprint density at radius 2 is 1.81 bits per heavy atom. The Morgan fingerprint density at radius 1 is 1.15 bits per heavy atom. The molecule has 1 unspecified atom stereocenters. The van der Waals surface area contributed by atoms with Crippen LogP contribution in [-0.2, 0) is 4.79 Å². The standard InChI is InChI=1S/C17H13Cl2F2N3OS/c1-9(15(25)23-14-10(18)5-4-6-11(14)19)26-17-22-12-7-2-3-8-13(12)24(17)16(20)21/h2-9,16H,1H3,(H,23,25). The molecule has 3 aromatic rings. The molecule has 0 aliphatic carbocycles. The number of benzene rings is 2. The van der Waals surface area contributed by atoms with Crippen molar-refractivity contribution >= 4 is 57.6 Å². The average molecular weight is 416 g/mol. The van der Waals surface area contributed by atoms with Crippen molar-refractivity contribution in [1.82, 2.24) is 9.55 Å². The highest BCUT2D eigenvalue weighted by Crippen LogP contribution is 2.33. The molecule has 0 radical (unpaired) electrons. The Balaban J connectivity index is 1.84. The molecule has 2 aromatic carbocycles. The number of halogens is 4. The highest BCUT2D eigenvalue weighted by molar-refractivity contribution is 8.00. The topological polar surface area (TPSA) is 46.9 Å². The van der Waals surface area contributed by atoms with Crippen molar-refractivity contribution in [1.29, 1.82) is 0 Å². The summed E-state index contributed by atoms with van der Waals surface area (Å²) in [5.41, 5.74) is 1.04. The Hall–Kier alpha value is -1.83. The third-order valence-corrected chi connectivity index (χ3v) is 5.32. The summed E-state index contributed by atoms with van der Waals surface area (Å²) in [5, 5.41) is 2.59. The number of alkyl halides is 2. The van der Waals surface area contributed by atoms with Gasteiger partial charge in [0, 0.05) is 0 Å². The summed E-state index contributed by atoms with van der Waals surface area (Å²) >= 11 is 13.0. The number of carbonyl (C=O) groups is 1. The summed E-state index contributed by atoms with van der Waals surface area (Å²) in [5.74, 6) is -0.419. The molecule has 1 atom stereocenters. The number of nitrogens with zero attached hydrogens (tertiary/aromatic N) is 2. The van der Waals surface area contributed by atoms with Gasteiger partial charge in [-0.05, 0) is 31.2 Å². The molecule has 9 heteroatoms. The van der Waals surface area contributed by atoms with E-state index in [-0.39, 0.29) is 10.8 Å². The fourth-order valence-electron chi connectivity index (χ4n) is 2.35. The number of thioether (sulfide) groups is 1. The van der Waals surface area contributed by atoms with Crippen LogP contribution in [0.25, 0.3) is 11.0 Å². The third kappa shape index (κ3) is 3.79. The largest absolute Gasteiger partial charge is 0.323 e. The summed E-state index contributed by atoms with van der Waals surface area (Å²) in [7, 11) is 0. The number of imidazole rings is 1. The van der Waals surface area contributed by atoms with Crippen LogP contribution in [-0.4, -0.2) is 20.7 Å². The lowest BCUT2D eigenvalue weighted by Crippen LogP contribution is -2.23. The summed E-state index contributed by atoms with van der Waals surface area (Å²) in [6.07, 6.45) is 0. The van der Waals surface area contributed by atoms with Crippen LogP contribution in [0.3, 0.4) is 0 Å². The monoisotopic (exact) mass is 415 g/mol. The number of anilines is 1. The molecule has 0 saturated heterocycles. The van der Waals surface area contributed by atoms with Crippen molar-refractivity contribution in [3.63, 3.8) is 0 Å². The van der Waals surface area contributed by atoms with Crippen molar-refractivity contribution in [2.45, 2.75) is 23.9 Å². The Morgan fingerprint density at radius 3 is 2.46 bits per heavy atom. The molecule has 0 saturated carbocycles. The number of para-hydroxylation sites is 3. The number of hydrogen-bond acceptors (Lipinski definition) is 3. The lowest BCUT2D eigenvalue weighted by atomic mass is 10.3. The first-order chi connectivity index (χ1) is 12.4. The van der Waals surface area contributed by atoms with Gasteiger partial charge in [-0.3, -0.25) is 9.36 Å². The van der Waals surface area contributed by atoms with E-state index in [9.17, 15) is 13.6 Å². The van der Waals surface area contributed by atoms with Crippen LogP contribution in [0.2, 0.25) is 10.0 Å². The first-order valence-electron chi connectivity index (χ1n) is 7.55. The van der Waals surface area contributed by atoms with Gasteiger partial charge in [0.05, 0.1) is 32.0 Å². The maximum absolute atomic E-state index is 13.5. The van der Waals surface area contributed by atoms with Gasteiger partial charge in [-0.25, -0.2) is 4.98 Å². The zero-order valence-electron chi connectivity index (χ0n) is 13.4. The third-order valence-electron chi connectivity index (χ3n) is 3.62. The molecule has 1 amide bonds. The van der Waals surface area contributed by atoms with E-state index in [0.29, 0.717) is 21.1 Å². The van der Waals surface area contributed by atoms with Gasteiger partial charge in [0.25, 0.3) is 0 Å². The number of hydrogen-bond donors (Lipinski definition) is 1. The van der Waals surface area contributed by atoms with Crippen molar-refractivity contribution in [3.05, 3.63) is 52.5 Å². The normalized spacial score (nSPS) is 12.5. The molecular formula is C17H13Cl2F2N3OS. The van der Waals surface area contributed by atoms with Crippen molar-refractivity contribution in [2.24, 2.45) is 0 Å². The Labute approximate surface area is 162 Å². The first-order valence-corrected chi connectivity index (χ1v) is 9.18. The molecule has 0 spiro atoms. The van der Waals surface area contributed by atoms with Gasteiger partial charge in [0.2, 0.25) is 5.91 Å². The molecule has 0 aliphatic heterocycles. The second kappa shape index (κ2) is 7.82. The molecule has 0 aliphatic rings. The molecule has 4 nitrogen and oxygen atoms in total. The first kappa shape index (κ1) is 18.9. The van der Waals surface area contributed by atoms with E-state index in [1.807, 2.05) is 0 Å². The van der Waals surface area contributed by atoms with Crippen LogP contribution in [0.15, 0.2) is 47.6 Å². The number of nitrogens with one attached hydrogen (secondary N) is 1. The average Bonchev–Trinajstić information content (AvgIpc) is 2.96. The van der Waals surface area contributed by atoms with Crippen molar-refractivity contribution in [3.8, 4) is 0 Å². The van der Waals surface area contributed by atoms with E-state index in [1.165, 1.54) is 0 Å². The van der Waals surface area contributed by atoms with Crippen LogP contribution in [0.5, 0.6) is 0 Å². The van der Waals surface area contributed by atoms with E-state index in [4.69, 9.17) is 23.2 Å². The lowest BCUT2D eigenvalue weighted by Gasteiger charge is -2.14. The van der Waals surface area contributed by atoms with Crippen molar-refractivity contribution in [2.75, 3.05) is 5.32 Å². The maximum atomic E-state index is 13.5. The lowest BCUT2D eigenvalue weighted by molar-refractivity contribution is -0.115. The summed E-state index contributed by atoms with van der Waals surface area (Å²) in [4.78, 5) is 16.7. The van der Waals surface area contributed by atoms with Gasteiger partial charge >= 0.3 is 6.55 Å². The number of amides is 1. The van der Waals surface area contributed by atoms with E-state index in [0.717, 1.165) is 16.3 Å². The summed E-state index contributed by atoms with van der Waals surface area (Å²) < 4.78 is 27.8. The van der Waals surface area contributed by atoms with Gasteiger partial charge in [-0.1, -0.05) is 53.2 Å². The van der Waals surface area contributed by atoms with Gasteiger partial charge in [-0.2, -0.15) is 8.78 Å². The smallest absolute Gasteiger partial charge is 0.321 e. The SMILES string of the molecule is CC(Sc1nc2ccccc2n1C(F)F)C(=O)Nc1c(Cl)cccc1Cl. The highest BCUT2D eigenvalue weighted by atomic mass is 35.5. The van der Waals surface area contributed by atoms with Crippen LogP contribution in [0.4, 0.5) is 14.5 Å². The van der Waals surface area contributed by atoms with Gasteiger partial charge in [0.1, 0.15) is 0 Å². The fraction of sp³-hybridized carbons (Fsp3) is 0.176. The highest BCUT2D eigenvalue weighted by Gasteiger charge is 2.23. The predicted molar refractivity (Wildman–Crippen MR) is 101 cm³/mol. The molecule has 3 rings (SSSR count). The van der Waals surface area contributed by atoms with E-state index in [2.05, 4.69) is 10.3 Å². The van der Waals surface area contributed by atoms with Gasteiger partial charge < -0.3 is 5.32 Å². The minimum absolute atomic E-state index is 0.0640. The Bertz CT molecular complexity index is 944. The summed E-state index contributed by atoms with van der Waals surface area (Å²) in [6, 6.07) is 11.4. The van der Waals surface area contributed by atoms with E-state index < -0.39 is 17.7 Å². The van der Waals surface area contributed by atoms with Gasteiger partial charge in [0.15, 0.2) is 5.16 Å². The minimum atomic E-state index is -2.77. The molecule has 1 aromatic heterocycles. The molecule has 136 valence electrons.